The third-order valence-corrected chi connectivity index (χ3v) is 5.46. The van der Waals surface area contributed by atoms with Gasteiger partial charge in [-0.05, 0) is 31.5 Å². The Labute approximate surface area is 157 Å². The molecule has 2 aliphatic heterocycles. The predicted octanol–water partition coefficient (Wildman–Crippen LogP) is 0.637. The van der Waals surface area contributed by atoms with E-state index in [2.05, 4.69) is 0 Å². The molecule has 1 N–H and O–H groups in total. The molecule has 2 heterocycles. The molecule has 2 fully saturated rings. The molecule has 2 aliphatic rings. The van der Waals surface area contributed by atoms with Gasteiger partial charge in [0, 0.05) is 5.02 Å². The Bertz CT molecular complexity index is 731. The Morgan fingerprint density at radius 1 is 1.31 bits per heavy atom. The molecule has 1 aromatic rings. The number of rotatable bonds is 3. The smallest absolute Gasteiger partial charge is 0.410 e. The summed E-state index contributed by atoms with van der Waals surface area (Å²) in [7, 11) is 0. The average Bonchev–Trinajstić information content (AvgIpc) is 2.92. The number of anilines is 1. The Morgan fingerprint density at radius 2 is 2.00 bits per heavy atom. The number of quaternary nitrogens is 1. The van der Waals surface area contributed by atoms with Gasteiger partial charge in [-0.1, -0.05) is 17.7 Å². The number of ether oxygens (including phenoxy) is 1. The topological polar surface area (TPSA) is 71.4 Å². The summed E-state index contributed by atoms with van der Waals surface area (Å²) >= 11 is 6.14. The van der Waals surface area contributed by atoms with Gasteiger partial charge in [0.05, 0.1) is 44.9 Å². The molecule has 1 aromatic carbocycles. The monoisotopic (exact) mass is 380 g/mol. The zero-order valence-corrected chi connectivity index (χ0v) is 15.7. The Hall–Kier alpha value is -2.12. The molecule has 0 aliphatic carbocycles. The molecule has 0 spiro atoms. The quantitative estimate of drug-likeness (QED) is 0.781. The van der Waals surface area contributed by atoms with Crippen molar-refractivity contribution in [1.29, 1.82) is 0 Å². The van der Waals surface area contributed by atoms with E-state index in [4.69, 9.17) is 16.3 Å². The fraction of sp³-hybridized carbons (Fsp3) is 0.500. The lowest BCUT2D eigenvalue weighted by Gasteiger charge is -2.33. The maximum atomic E-state index is 12.9. The highest BCUT2D eigenvalue weighted by Gasteiger charge is 2.47. The summed E-state index contributed by atoms with van der Waals surface area (Å²) in [5.74, 6) is -0.398. The van der Waals surface area contributed by atoms with E-state index in [1.165, 1.54) is 4.90 Å². The van der Waals surface area contributed by atoms with Crippen LogP contribution >= 0.6 is 11.6 Å². The molecule has 7 nitrogen and oxygen atoms in total. The number of piperazine rings is 1. The highest BCUT2D eigenvalue weighted by atomic mass is 35.5. The summed E-state index contributed by atoms with van der Waals surface area (Å²) < 4.78 is 5.02. The molecule has 2 saturated heterocycles. The zero-order chi connectivity index (χ0) is 18.8. The first-order chi connectivity index (χ1) is 12.4. The minimum Gasteiger partial charge on any atom is -0.450 e. The van der Waals surface area contributed by atoms with Crippen LogP contribution < -0.4 is 9.80 Å². The molecule has 0 unspecified atom stereocenters. The first kappa shape index (κ1) is 18.7. The molecular weight excluding hydrogens is 358 g/mol. The van der Waals surface area contributed by atoms with Gasteiger partial charge in [-0.3, -0.25) is 14.5 Å². The van der Waals surface area contributed by atoms with E-state index in [0.717, 1.165) is 10.5 Å². The average molecular weight is 381 g/mol. The van der Waals surface area contributed by atoms with Gasteiger partial charge in [-0.25, -0.2) is 9.69 Å². The summed E-state index contributed by atoms with van der Waals surface area (Å²) in [5.41, 5.74) is 1.28. The number of amides is 3. The molecule has 26 heavy (non-hydrogen) atoms. The number of carbonyl (C=O) groups excluding carboxylic acids is 3. The van der Waals surface area contributed by atoms with Gasteiger partial charge < -0.3 is 9.64 Å². The van der Waals surface area contributed by atoms with Crippen LogP contribution in [0.1, 0.15) is 18.9 Å². The minimum absolute atomic E-state index is 0.180. The second-order valence-electron chi connectivity index (χ2n) is 6.55. The lowest BCUT2D eigenvalue weighted by Crippen LogP contribution is -3.19. The van der Waals surface area contributed by atoms with E-state index in [1.54, 1.807) is 36.9 Å². The van der Waals surface area contributed by atoms with Crippen LogP contribution in [0.2, 0.25) is 5.02 Å². The third kappa shape index (κ3) is 3.41. The van der Waals surface area contributed by atoms with Crippen molar-refractivity contribution in [3.05, 3.63) is 28.8 Å². The highest BCUT2D eigenvalue weighted by molar-refractivity contribution is 6.32. The maximum Gasteiger partial charge on any atom is 0.410 e. The van der Waals surface area contributed by atoms with Crippen molar-refractivity contribution in [3.8, 4) is 0 Å². The van der Waals surface area contributed by atoms with Crippen LogP contribution in [0.4, 0.5) is 10.5 Å². The lowest BCUT2D eigenvalue weighted by atomic mass is 10.1. The standard InChI is InChI=1S/C18H22ClN3O4/c1-3-26-18(25)21-9-7-20(8-10-21)15-11-16(23)22(17(15)24)14-6-4-5-13(19)12(14)2/h4-6,15H,3,7-11H2,1-2H3/p+1/t15-/m0/s1. The zero-order valence-electron chi connectivity index (χ0n) is 15.0. The van der Waals surface area contributed by atoms with Crippen LogP contribution in [0.3, 0.4) is 0 Å². The Kier molecular flexibility index (Phi) is 5.48. The number of hydrogen-bond acceptors (Lipinski definition) is 4. The number of imide groups is 1. The Balaban J connectivity index is 1.70. The molecule has 3 rings (SSSR count). The van der Waals surface area contributed by atoms with E-state index >= 15 is 0 Å². The normalized spacial score (nSPS) is 21.4. The van der Waals surface area contributed by atoms with Crippen molar-refractivity contribution >= 4 is 35.2 Å². The summed E-state index contributed by atoms with van der Waals surface area (Å²) in [6, 6.07) is 4.81. The number of nitrogens with zero attached hydrogens (tertiary/aromatic N) is 2. The Morgan fingerprint density at radius 3 is 2.65 bits per heavy atom. The van der Waals surface area contributed by atoms with Gasteiger partial charge in [0.25, 0.3) is 5.91 Å². The van der Waals surface area contributed by atoms with Gasteiger partial charge in [0.15, 0.2) is 6.04 Å². The second kappa shape index (κ2) is 7.63. The summed E-state index contributed by atoms with van der Waals surface area (Å²) in [4.78, 5) is 41.2. The van der Waals surface area contributed by atoms with Crippen molar-refractivity contribution in [2.45, 2.75) is 26.3 Å². The largest absolute Gasteiger partial charge is 0.450 e. The molecular formula is C18H23ClN3O4+. The maximum absolute atomic E-state index is 12.9. The summed E-state index contributed by atoms with van der Waals surface area (Å²) in [6.45, 7) is 6.18. The number of hydrogen-bond donors (Lipinski definition) is 1. The third-order valence-electron chi connectivity index (χ3n) is 5.05. The van der Waals surface area contributed by atoms with Gasteiger partial charge in [-0.2, -0.15) is 0 Å². The van der Waals surface area contributed by atoms with Crippen molar-refractivity contribution in [3.63, 3.8) is 0 Å². The number of carbonyl (C=O) groups is 3. The first-order valence-electron chi connectivity index (χ1n) is 8.82. The van der Waals surface area contributed by atoms with Crippen LogP contribution in [0, 0.1) is 6.92 Å². The molecule has 140 valence electrons. The van der Waals surface area contributed by atoms with Crippen LogP contribution in [-0.2, 0) is 14.3 Å². The number of nitrogens with one attached hydrogen (secondary N) is 1. The van der Waals surface area contributed by atoms with Crippen LogP contribution in [0.5, 0.6) is 0 Å². The second-order valence-corrected chi connectivity index (χ2v) is 6.96. The SMILES string of the molecule is CCOC(=O)N1CC[NH+]([C@H]2CC(=O)N(c3cccc(Cl)c3C)C2=O)CC1. The van der Waals surface area contributed by atoms with E-state index in [9.17, 15) is 14.4 Å². The molecule has 0 aromatic heterocycles. The van der Waals surface area contributed by atoms with Crippen LogP contribution in [0.15, 0.2) is 18.2 Å². The van der Waals surface area contributed by atoms with Crippen LogP contribution in [0.25, 0.3) is 0 Å². The van der Waals surface area contributed by atoms with E-state index in [0.29, 0.717) is 43.5 Å². The summed E-state index contributed by atoms with van der Waals surface area (Å²) in [5, 5.41) is 0.530. The van der Waals surface area contributed by atoms with Crippen molar-refractivity contribution in [1.82, 2.24) is 4.90 Å². The lowest BCUT2D eigenvalue weighted by molar-refractivity contribution is -0.918. The van der Waals surface area contributed by atoms with Gasteiger partial charge in [0.2, 0.25) is 5.91 Å². The van der Waals surface area contributed by atoms with Crippen LogP contribution in [-0.4, -0.2) is 61.6 Å². The van der Waals surface area contributed by atoms with Gasteiger partial charge in [-0.15, -0.1) is 0 Å². The molecule has 0 radical (unpaired) electrons. The van der Waals surface area contributed by atoms with Crippen molar-refractivity contribution < 1.29 is 24.0 Å². The predicted molar refractivity (Wildman–Crippen MR) is 96.4 cm³/mol. The highest BCUT2D eigenvalue weighted by Crippen LogP contribution is 2.30. The molecule has 8 heteroatoms. The van der Waals surface area contributed by atoms with Gasteiger partial charge in [0.1, 0.15) is 0 Å². The molecule has 0 saturated carbocycles. The number of halogens is 1. The molecule has 1 atom stereocenters. The van der Waals surface area contributed by atoms with Crippen molar-refractivity contribution in [2.24, 2.45) is 0 Å². The van der Waals surface area contributed by atoms with Gasteiger partial charge >= 0.3 is 6.09 Å². The molecule has 0 bridgehead atoms. The van der Waals surface area contributed by atoms with Crippen molar-refractivity contribution in [2.75, 3.05) is 37.7 Å². The fourth-order valence-corrected chi connectivity index (χ4v) is 3.75. The minimum atomic E-state index is -0.412. The summed E-state index contributed by atoms with van der Waals surface area (Å²) in [6.07, 6.45) is -0.143. The van der Waals surface area contributed by atoms with E-state index < -0.39 is 6.04 Å². The molecule has 3 amide bonds. The van der Waals surface area contributed by atoms with E-state index in [1.807, 2.05) is 0 Å². The first-order valence-corrected chi connectivity index (χ1v) is 9.20. The fourth-order valence-electron chi connectivity index (χ4n) is 3.58. The number of benzene rings is 1. The van der Waals surface area contributed by atoms with E-state index in [-0.39, 0.29) is 24.3 Å².